The smallest absolute Gasteiger partial charge is 0.224 e. The SMILES string of the molecule is COc1ccc(CN(C(=O)CCS(=O)(=O)c2ccc(Cl)cc2)C2CC2)cc1. The number of hydrogen-bond donors (Lipinski definition) is 0. The maximum atomic E-state index is 12.7. The minimum atomic E-state index is -3.52. The van der Waals surface area contributed by atoms with E-state index < -0.39 is 9.84 Å². The summed E-state index contributed by atoms with van der Waals surface area (Å²) in [6, 6.07) is 13.8. The topological polar surface area (TPSA) is 63.7 Å². The van der Waals surface area contributed by atoms with E-state index in [4.69, 9.17) is 16.3 Å². The van der Waals surface area contributed by atoms with Crippen LogP contribution in [0.3, 0.4) is 0 Å². The summed E-state index contributed by atoms with van der Waals surface area (Å²) in [5.41, 5.74) is 0.997. The van der Waals surface area contributed by atoms with E-state index in [1.807, 2.05) is 24.3 Å². The van der Waals surface area contributed by atoms with Crippen LogP contribution < -0.4 is 4.74 Å². The molecule has 0 atom stereocenters. The minimum Gasteiger partial charge on any atom is -0.497 e. The van der Waals surface area contributed by atoms with Gasteiger partial charge in [-0.15, -0.1) is 0 Å². The molecular formula is C20H22ClNO4S. The van der Waals surface area contributed by atoms with Crippen molar-refractivity contribution in [3.05, 3.63) is 59.1 Å². The van der Waals surface area contributed by atoms with Crippen molar-refractivity contribution in [3.8, 4) is 5.75 Å². The molecule has 3 rings (SSSR count). The molecule has 1 saturated carbocycles. The number of benzene rings is 2. The summed E-state index contributed by atoms with van der Waals surface area (Å²) >= 11 is 5.81. The normalized spacial score (nSPS) is 14.0. The molecule has 1 aliphatic carbocycles. The average Bonchev–Trinajstić information content (AvgIpc) is 3.50. The highest BCUT2D eigenvalue weighted by Crippen LogP contribution is 2.29. The van der Waals surface area contributed by atoms with E-state index in [2.05, 4.69) is 0 Å². The second kappa shape index (κ2) is 8.31. The third-order valence-electron chi connectivity index (χ3n) is 4.58. The van der Waals surface area contributed by atoms with Crippen molar-refractivity contribution in [2.24, 2.45) is 0 Å². The number of sulfone groups is 1. The fourth-order valence-corrected chi connectivity index (χ4v) is 4.22. The van der Waals surface area contributed by atoms with Gasteiger partial charge in [-0.3, -0.25) is 4.79 Å². The lowest BCUT2D eigenvalue weighted by Gasteiger charge is -2.23. The molecule has 2 aromatic carbocycles. The predicted molar refractivity (Wildman–Crippen MR) is 105 cm³/mol. The molecule has 2 aromatic rings. The van der Waals surface area contributed by atoms with Crippen LogP contribution in [-0.2, 0) is 21.2 Å². The third-order valence-corrected chi connectivity index (χ3v) is 6.56. The highest BCUT2D eigenvalue weighted by Gasteiger charge is 2.33. The number of methoxy groups -OCH3 is 1. The molecular weight excluding hydrogens is 386 g/mol. The maximum Gasteiger partial charge on any atom is 0.224 e. The van der Waals surface area contributed by atoms with Gasteiger partial charge in [0.25, 0.3) is 0 Å². The Morgan fingerprint density at radius 2 is 1.74 bits per heavy atom. The monoisotopic (exact) mass is 407 g/mol. The number of halogens is 1. The van der Waals surface area contributed by atoms with Gasteiger partial charge >= 0.3 is 0 Å². The van der Waals surface area contributed by atoms with Gasteiger partial charge in [0.1, 0.15) is 5.75 Å². The van der Waals surface area contributed by atoms with Crippen LogP contribution in [0.5, 0.6) is 5.75 Å². The molecule has 0 spiro atoms. The first kappa shape index (κ1) is 19.7. The van der Waals surface area contributed by atoms with Crippen LogP contribution in [0.2, 0.25) is 5.02 Å². The van der Waals surface area contributed by atoms with E-state index in [1.165, 1.54) is 24.3 Å². The summed E-state index contributed by atoms with van der Waals surface area (Å²) in [6.45, 7) is 0.481. The third kappa shape index (κ3) is 5.23. The van der Waals surface area contributed by atoms with Gasteiger partial charge in [0.15, 0.2) is 9.84 Å². The second-order valence-electron chi connectivity index (χ2n) is 6.62. The van der Waals surface area contributed by atoms with Crippen molar-refractivity contribution in [1.82, 2.24) is 4.90 Å². The van der Waals surface area contributed by atoms with Crippen LogP contribution in [0.4, 0.5) is 0 Å². The van der Waals surface area contributed by atoms with Gasteiger partial charge in [-0.25, -0.2) is 8.42 Å². The molecule has 0 saturated heterocycles. The molecule has 1 fully saturated rings. The fraction of sp³-hybridized carbons (Fsp3) is 0.350. The second-order valence-corrected chi connectivity index (χ2v) is 9.17. The van der Waals surface area contributed by atoms with Crippen LogP contribution in [0.15, 0.2) is 53.4 Å². The number of hydrogen-bond acceptors (Lipinski definition) is 4. The molecule has 0 aliphatic heterocycles. The summed E-state index contributed by atoms with van der Waals surface area (Å²) in [7, 11) is -1.91. The van der Waals surface area contributed by atoms with Gasteiger partial charge in [-0.05, 0) is 54.8 Å². The molecule has 144 valence electrons. The molecule has 1 aliphatic rings. The van der Waals surface area contributed by atoms with Gasteiger partial charge in [0.05, 0.1) is 17.8 Å². The molecule has 0 radical (unpaired) electrons. The summed E-state index contributed by atoms with van der Waals surface area (Å²) in [4.78, 5) is 14.7. The van der Waals surface area contributed by atoms with Gasteiger partial charge in [0.2, 0.25) is 5.91 Å². The summed E-state index contributed by atoms with van der Waals surface area (Å²) in [5.74, 6) is 0.419. The standard InChI is InChI=1S/C20H22ClNO4S/c1-26-18-8-2-15(3-9-18)14-22(17-6-7-17)20(23)12-13-27(24,25)19-10-4-16(21)5-11-19/h2-5,8-11,17H,6-7,12-14H2,1H3. The number of rotatable bonds is 8. The first-order chi connectivity index (χ1) is 12.9. The highest BCUT2D eigenvalue weighted by atomic mass is 35.5. The van der Waals surface area contributed by atoms with E-state index in [0.717, 1.165) is 24.2 Å². The molecule has 0 bridgehead atoms. The first-order valence-electron chi connectivity index (χ1n) is 8.80. The molecule has 0 aromatic heterocycles. The lowest BCUT2D eigenvalue weighted by atomic mass is 10.2. The van der Waals surface area contributed by atoms with Crippen LogP contribution in [0.1, 0.15) is 24.8 Å². The van der Waals surface area contributed by atoms with Crippen molar-refractivity contribution in [1.29, 1.82) is 0 Å². The predicted octanol–water partition coefficient (Wildman–Crippen LogP) is 3.70. The number of amides is 1. The molecule has 1 amide bonds. The quantitative estimate of drug-likeness (QED) is 0.669. The van der Waals surface area contributed by atoms with E-state index in [1.54, 1.807) is 12.0 Å². The lowest BCUT2D eigenvalue weighted by Crippen LogP contribution is -2.33. The molecule has 0 N–H and O–H groups in total. The van der Waals surface area contributed by atoms with E-state index in [-0.39, 0.29) is 29.0 Å². The number of ether oxygens (including phenoxy) is 1. The Balaban J connectivity index is 1.64. The Hall–Kier alpha value is -2.05. The summed E-state index contributed by atoms with van der Waals surface area (Å²) in [5, 5.41) is 0.476. The maximum absolute atomic E-state index is 12.7. The van der Waals surface area contributed by atoms with Crippen LogP contribution in [0.25, 0.3) is 0 Å². The highest BCUT2D eigenvalue weighted by molar-refractivity contribution is 7.91. The average molecular weight is 408 g/mol. The molecule has 0 heterocycles. The van der Waals surface area contributed by atoms with Gasteiger partial charge in [0, 0.05) is 24.0 Å². The largest absolute Gasteiger partial charge is 0.497 e. The van der Waals surface area contributed by atoms with E-state index in [0.29, 0.717) is 11.6 Å². The Kier molecular flexibility index (Phi) is 6.07. The Labute approximate surface area is 164 Å². The fourth-order valence-electron chi connectivity index (χ4n) is 2.86. The molecule has 0 unspecified atom stereocenters. The van der Waals surface area contributed by atoms with Gasteiger partial charge < -0.3 is 9.64 Å². The zero-order chi connectivity index (χ0) is 19.4. The first-order valence-corrected chi connectivity index (χ1v) is 10.8. The van der Waals surface area contributed by atoms with Crippen molar-refractivity contribution < 1.29 is 17.9 Å². The van der Waals surface area contributed by atoms with Crippen LogP contribution in [0, 0.1) is 0 Å². The van der Waals surface area contributed by atoms with E-state index >= 15 is 0 Å². The summed E-state index contributed by atoms with van der Waals surface area (Å²) in [6.07, 6.45) is 1.90. The Bertz CT molecular complexity index is 891. The van der Waals surface area contributed by atoms with Gasteiger partial charge in [-0.1, -0.05) is 23.7 Å². The van der Waals surface area contributed by atoms with Gasteiger partial charge in [-0.2, -0.15) is 0 Å². The number of carbonyl (C=O) groups is 1. The molecule has 5 nitrogen and oxygen atoms in total. The number of carbonyl (C=O) groups excluding carboxylic acids is 1. The lowest BCUT2D eigenvalue weighted by molar-refractivity contribution is -0.132. The Morgan fingerprint density at radius 3 is 2.30 bits per heavy atom. The van der Waals surface area contributed by atoms with Crippen molar-refractivity contribution in [2.75, 3.05) is 12.9 Å². The minimum absolute atomic E-state index is 0.0301. The molecule has 27 heavy (non-hydrogen) atoms. The summed E-state index contributed by atoms with van der Waals surface area (Å²) < 4.78 is 30.1. The number of nitrogens with zero attached hydrogens (tertiary/aromatic N) is 1. The van der Waals surface area contributed by atoms with Crippen LogP contribution >= 0.6 is 11.6 Å². The zero-order valence-electron chi connectivity index (χ0n) is 15.1. The van der Waals surface area contributed by atoms with E-state index in [9.17, 15) is 13.2 Å². The van der Waals surface area contributed by atoms with Crippen molar-refractivity contribution >= 4 is 27.3 Å². The zero-order valence-corrected chi connectivity index (χ0v) is 16.7. The van der Waals surface area contributed by atoms with Crippen molar-refractivity contribution in [2.45, 2.75) is 36.7 Å². The van der Waals surface area contributed by atoms with Crippen LogP contribution in [-0.4, -0.2) is 38.1 Å². The van der Waals surface area contributed by atoms with Crippen molar-refractivity contribution in [3.63, 3.8) is 0 Å². The molecule has 7 heteroatoms. The Morgan fingerprint density at radius 1 is 1.11 bits per heavy atom.